The second kappa shape index (κ2) is 10.4. The van der Waals surface area contributed by atoms with Gasteiger partial charge in [0.1, 0.15) is 17.3 Å². The fourth-order valence-corrected chi connectivity index (χ4v) is 4.26. The van der Waals surface area contributed by atoms with E-state index in [1.807, 2.05) is 0 Å². The van der Waals surface area contributed by atoms with Crippen LogP contribution in [-0.2, 0) is 6.18 Å². The van der Waals surface area contributed by atoms with Gasteiger partial charge in [-0.15, -0.1) is 0 Å². The summed E-state index contributed by atoms with van der Waals surface area (Å²) in [4.78, 5) is 28.1. The molecule has 1 amide bonds. The quantitative estimate of drug-likeness (QED) is 0.122. The Balaban J connectivity index is 1.53. The first kappa shape index (κ1) is 26.7. The minimum absolute atomic E-state index is 0.00857. The number of nitro benzene ring substituents is 1. The molecule has 2 heterocycles. The number of hydrogen-bond acceptors (Lipinski definition) is 6. The van der Waals surface area contributed by atoms with Crippen LogP contribution < -0.4 is 10.1 Å². The number of fused-ring (bicyclic) bond motifs is 1. The van der Waals surface area contributed by atoms with Gasteiger partial charge in [0.25, 0.3) is 11.6 Å². The molecular weight excluding hydrogens is 602 g/mol. The summed E-state index contributed by atoms with van der Waals surface area (Å²) in [6.45, 7) is 0. The first-order valence-corrected chi connectivity index (χ1v) is 12.0. The minimum Gasteiger partial charge on any atom is -0.457 e. The lowest BCUT2D eigenvalue weighted by atomic mass is 10.1. The molecule has 0 bridgehead atoms. The summed E-state index contributed by atoms with van der Waals surface area (Å²) in [7, 11) is 0. The number of ether oxygens (including phenoxy) is 1. The molecule has 40 heavy (non-hydrogen) atoms. The number of amides is 1. The summed E-state index contributed by atoms with van der Waals surface area (Å²) in [5, 5.41) is 17.7. The molecule has 0 saturated carbocycles. The van der Waals surface area contributed by atoms with E-state index in [0.29, 0.717) is 10.1 Å². The number of carbonyl (C=O) groups is 1. The highest BCUT2D eigenvalue weighted by Gasteiger charge is 2.36. The van der Waals surface area contributed by atoms with E-state index in [1.165, 1.54) is 18.2 Å². The Morgan fingerprint density at radius 3 is 2.35 bits per heavy atom. The molecule has 0 saturated heterocycles. The fourth-order valence-electron chi connectivity index (χ4n) is 3.74. The molecule has 9 nitrogen and oxygen atoms in total. The van der Waals surface area contributed by atoms with Gasteiger partial charge < -0.3 is 10.1 Å². The van der Waals surface area contributed by atoms with Gasteiger partial charge in [-0.1, -0.05) is 30.3 Å². The van der Waals surface area contributed by atoms with Gasteiger partial charge >= 0.3 is 6.18 Å². The lowest BCUT2D eigenvalue weighted by Crippen LogP contribution is -2.16. The molecule has 0 aliphatic carbocycles. The molecule has 0 unspecified atom stereocenters. The second-order valence-corrected chi connectivity index (χ2v) is 9.06. The van der Waals surface area contributed by atoms with Gasteiger partial charge in [0.05, 0.1) is 26.8 Å². The Labute approximate surface area is 230 Å². The highest BCUT2D eigenvalue weighted by atomic mass is 79.9. The van der Waals surface area contributed by atoms with Gasteiger partial charge in [-0.05, 0) is 46.3 Å². The summed E-state index contributed by atoms with van der Waals surface area (Å²) in [6.07, 6.45) is -4.84. The van der Waals surface area contributed by atoms with Crippen molar-refractivity contribution in [3.63, 3.8) is 0 Å². The molecular formula is C26H14BrF4N5O4. The molecule has 0 atom stereocenters. The Hall–Kier alpha value is -4.85. The molecule has 3 aromatic carbocycles. The molecule has 0 fully saturated rings. The third kappa shape index (κ3) is 5.47. The summed E-state index contributed by atoms with van der Waals surface area (Å²) in [5.74, 6) is -1.38. The largest absolute Gasteiger partial charge is 0.457 e. The van der Waals surface area contributed by atoms with Crippen LogP contribution in [-0.4, -0.2) is 25.4 Å². The van der Waals surface area contributed by atoms with Crippen molar-refractivity contribution in [3.05, 3.63) is 111 Å². The maximum Gasteiger partial charge on any atom is 0.433 e. The van der Waals surface area contributed by atoms with Gasteiger partial charge in [0.2, 0.25) is 0 Å². The number of nitrogens with one attached hydrogen (secondary N) is 1. The van der Waals surface area contributed by atoms with Crippen molar-refractivity contribution in [2.24, 2.45) is 0 Å². The third-order valence-electron chi connectivity index (χ3n) is 5.52. The maximum absolute atomic E-state index is 14.0. The van der Waals surface area contributed by atoms with E-state index in [4.69, 9.17) is 4.74 Å². The molecule has 202 valence electrons. The first-order valence-electron chi connectivity index (χ1n) is 11.3. The van der Waals surface area contributed by atoms with Crippen LogP contribution in [0, 0.1) is 15.9 Å². The number of non-ortho nitro benzene ring substituents is 1. The average Bonchev–Trinajstić information content (AvgIpc) is 3.25. The number of nitro groups is 1. The Morgan fingerprint density at radius 1 is 1.00 bits per heavy atom. The Bertz CT molecular complexity index is 1760. The second-order valence-electron chi connectivity index (χ2n) is 8.27. The molecule has 0 radical (unpaired) electrons. The standard InChI is InChI=1S/C26H14BrF4N5O4/c27-22-23(34-35-21(26(29,30)31)13-20(33-24(22)35)14-4-2-1-3-5-14)25(37)32-16-10-17(36(38)39)12-19(11-16)40-18-8-6-15(28)7-9-18/h1-13H,(H,32,37). The van der Waals surface area contributed by atoms with Crippen LogP contribution in [0.1, 0.15) is 16.2 Å². The van der Waals surface area contributed by atoms with Gasteiger partial charge in [0, 0.05) is 17.7 Å². The van der Waals surface area contributed by atoms with Crippen molar-refractivity contribution in [1.82, 2.24) is 14.6 Å². The summed E-state index contributed by atoms with van der Waals surface area (Å²) in [6, 6.07) is 17.2. The zero-order valence-corrected chi connectivity index (χ0v) is 21.4. The van der Waals surface area contributed by atoms with E-state index in [9.17, 15) is 32.5 Å². The molecule has 5 rings (SSSR count). The molecule has 14 heteroatoms. The lowest BCUT2D eigenvalue weighted by Gasteiger charge is -2.11. The fraction of sp³-hybridized carbons (Fsp3) is 0.0385. The number of anilines is 1. The highest BCUT2D eigenvalue weighted by Crippen LogP contribution is 2.35. The van der Waals surface area contributed by atoms with Crippen molar-refractivity contribution >= 4 is 38.9 Å². The normalized spacial score (nSPS) is 11.4. The molecule has 0 spiro atoms. The maximum atomic E-state index is 14.0. The van der Waals surface area contributed by atoms with Crippen molar-refractivity contribution < 1.29 is 32.0 Å². The van der Waals surface area contributed by atoms with Gasteiger partial charge in [-0.3, -0.25) is 14.9 Å². The Kier molecular flexibility index (Phi) is 6.94. The number of rotatable bonds is 6. The van der Waals surface area contributed by atoms with Crippen LogP contribution in [0.25, 0.3) is 16.9 Å². The number of halogens is 5. The van der Waals surface area contributed by atoms with Crippen LogP contribution in [0.4, 0.5) is 28.9 Å². The number of carbonyl (C=O) groups excluding carboxylic acids is 1. The number of aromatic nitrogens is 3. The van der Waals surface area contributed by atoms with E-state index in [-0.39, 0.29) is 33.0 Å². The number of alkyl halides is 3. The van der Waals surface area contributed by atoms with Gasteiger partial charge in [0.15, 0.2) is 17.0 Å². The van der Waals surface area contributed by atoms with Crippen LogP contribution in [0.15, 0.2) is 83.3 Å². The smallest absolute Gasteiger partial charge is 0.433 e. The summed E-state index contributed by atoms with van der Waals surface area (Å²) < 4.78 is 61.0. The van der Waals surface area contributed by atoms with E-state index >= 15 is 0 Å². The van der Waals surface area contributed by atoms with Crippen molar-refractivity contribution in [3.8, 4) is 22.8 Å². The highest BCUT2D eigenvalue weighted by molar-refractivity contribution is 9.10. The monoisotopic (exact) mass is 615 g/mol. The van der Waals surface area contributed by atoms with Crippen LogP contribution >= 0.6 is 15.9 Å². The topological polar surface area (TPSA) is 112 Å². The van der Waals surface area contributed by atoms with Crippen molar-refractivity contribution in [1.29, 1.82) is 0 Å². The molecule has 5 aromatic rings. The summed E-state index contributed by atoms with van der Waals surface area (Å²) >= 11 is 3.14. The number of hydrogen-bond donors (Lipinski definition) is 1. The first-order chi connectivity index (χ1) is 19.0. The molecule has 2 aromatic heterocycles. The van der Waals surface area contributed by atoms with E-state index in [2.05, 4.69) is 31.3 Å². The molecule has 1 N–H and O–H groups in total. The summed E-state index contributed by atoms with van der Waals surface area (Å²) in [5.41, 5.74) is -2.00. The predicted octanol–water partition coefficient (Wildman–Crippen LogP) is 7.27. The minimum atomic E-state index is -4.84. The zero-order chi connectivity index (χ0) is 28.6. The lowest BCUT2D eigenvalue weighted by molar-refractivity contribution is -0.384. The zero-order valence-electron chi connectivity index (χ0n) is 19.8. The number of nitrogens with zero attached hydrogens (tertiary/aromatic N) is 4. The Morgan fingerprint density at radius 2 is 1.70 bits per heavy atom. The number of benzene rings is 3. The van der Waals surface area contributed by atoms with Crippen LogP contribution in [0.2, 0.25) is 0 Å². The van der Waals surface area contributed by atoms with Gasteiger partial charge in [-0.25, -0.2) is 13.9 Å². The molecule has 0 aliphatic heterocycles. The SMILES string of the molecule is O=C(Nc1cc(Oc2ccc(F)cc2)cc([N+](=O)[O-])c1)c1nn2c(C(F)(F)F)cc(-c3ccccc3)nc2c1Br. The van der Waals surface area contributed by atoms with Crippen LogP contribution in [0.5, 0.6) is 11.5 Å². The van der Waals surface area contributed by atoms with E-state index in [1.54, 1.807) is 30.3 Å². The average molecular weight is 616 g/mol. The molecule has 0 aliphatic rings. The third-order valence-corrected chi connectivity index (χ3v) is 6.25. The van der Waals surface area contributed by atoms with Crippen molar-refractivity contribution in [2.45, 2.75) is 6.18 Å². The van der Waals surface area contributed by atoms with Crippen LogP contribution in [0.3, 0.4) is 0 Å². The predicted molar refractivity (Wildman–Crippen MR) is 139 cm³/mol. The van der Waals surface area contributed by atoms with Crippen molar-refractivity contribution in [2.75, 3.05) is 5.32 Å². The van der Waals surface area contributed by atoms with E-state index in [0.717, 1.165) is 30.3 Å². The van der Waals surface area contributed by atoms with Gasteiger partial charge in [-0.2, -0.15) is 18.3 Å². The van der Waals surface area contributed by atoms with E-state index < -0.39 is 39.9 Å².